The van der Waals surface area contributed by atoms with E-state index in [0.29, 0.717) is 0 Å². The molecule has 3 rings (SSSR count). The highest BCUT2D eigenvalue weighted by Gasteiger charge is 2.08. The maximum absolute atomic E-state index is 3.60. The van der Waals surface area contributed by atoms with Crippen LogP contribution in [0.15, 0.2) is 60.7 Å². The zero-order valence-electron chi connectivity index (χ0n) is 16.4. The van der Waals surface area contributed by atoms with Crippen molar-refractivity contribution < 1.29 is 0 Å². The van der Waals surface area contributed by atoms with E-state index in [2.05, 4.69) is 107 Å². The molecule has 0 aromatic heterocycles. The number of allylic oxidation sites excluding steroid dienone is 1. The molecule has 3 aromatic carbocycles. The van der Waals surface area contributed by atoms with Gasteiger partial charge in [0.25, 0.3) is 0 Å². The standard InChI is InChI=1S/C25H27N/c1-17-6-10-22(11-7-17)14-21(5)24-15-19(3)20(4)16-25(24)26-23-12-8-18(2)9-13-23/h6-16,26H,1-5H3/b21-14-. The fraction of sp³-hybridized carbons (Fsp3) is 0.200. The van der Waals surface area contributed by atoms with E-state index in [1.807, 2.05) is 0 Å². The Balaban J connectivity index is 2.00. The lowest BCUT2D eigenvalue weighted by Crippen LogP contribution is -1.97. The van der Waals surface area contributed by atoms with E-state index in [1.165, 1.54) is 39.0 Å². The van der Waals surface area contributed by atoms with Crippen LogP contribution in [0.2, 0.25) is 0 Å². The summed E-state index contributed by atoms with van der Waals surface area (Å²) in [5.74, 6) is 0. The van der Waals surface area contributed by atoms with Gasteiger partial charge < -0.3 is 5.32 Å². The van der Waals surface area contributed by atoms with Crippen molar-refractivity contribution >= 4 is 23.0 Å². The molecule has 0 saturated heterocycles. The molecule has 0 aliphatic carbocycles. The lowest BCUT2D eigenvalue weighted by atomic mass is 9.97. The lowest BCUT2D eigenvalue weighted by Gasteiger charge is -2.16. The molecule has 0 fully saturated rings. The smallest absolute Gasteiger partial charge is 0.0463 e. The summed E-state index contributed by atoms with van der Waals surface area (Å²) in [6.45, 7) is 10.8. The quantitative estimate of drug-likeness (QED) is 0.494. The van der Waals surface area contributed by atoms with E-state index in [9.17, 15) is 0 Å². The highest BCUT2D eigenvalue weighted by molar-refractivity contribution is 5.87. The first-order valence-electron chi connectivity index (χ1n) is 9.12. The number of benzene rings is 3. The number of aryl methyl sites for hydroxylation is 4. The summed E-state index contributed by atoms with van der Waals surface area (Å²) in [5, 5.41) is 3.60. The van der Waals surface area contributed by atoms with Gasteiger partial charge in [-0.1, -0.05) is 53.6 Å². The molecule has 0 heterocycles. The molecule has 0 saturated carbocycles. The van der Waals surface area contributed by atoms with Gasteiger partial charge in [0.1, 0.15) is 0 Å². The van der Waals surface area contributed by atoms with Gasteiger partial charge in [-0.25, -0.2) is 0 Å². The Kier molecular flexibility index (Phi) is 5.27. The van der Waals surface area contributed by atoms with E-state index < -0.39 is 0 Å². The van der Waals surface area contributed by atoms with E-state index in [1.54, 1.807) is 0 Å². The van der Waals surface area contributed by atoms with E-state index >= 15 is 0 Å². The average molecular weight is 341 g/mol. The predicted octanol–water partition coefficient (Wildman–Crippen LogP) is 7.22. The second-order valence-electron chi connectivity index (χ2n) is 7.21. The molecule has 0 unspecified atom stereocenters. The van der Waals surface area contributed by atoms with E-state index in [4.69, 9.17) is 0 Å². The SMILES string of the molecule is C/C(=C/c1ccc(C)cc1)c1cc(C)c(C)cc1Nc1ccc(C)cc1. The number of hydrogen-bond donors (Lipinski definition) is 1. The van der Waals surface area contributed by atoms with Crippen molar-refractivity contribution in [3.05, 3.63) is 94.0 Å². The van der Waals surface area contributed by atoms with Crippen molar-refractivity contribution in [2.24, 2.45) is 0 Å². The van der Waals surface area contributed by atoms with Crippen LogP contribution in [0.3, 0.4) is 0 Å². The van der Waals surface area contributed by atoms with Crippen LogP contribution in [0.4, 0.5) is 11.4 Å². The van der Waals surface area contributed by atoms with Gasteiger partial charge in [-0.15, -0.1) is 0 Å². The molecule has 1 heteroatoms. The molecule has 0 spiro atoms. The predicted molar refractivity (Wildman–Crippen MR) is 115 cm³/mol. The van der Waals surface area contributed by atoms with Crippen molar-refractivity contribution in [1.29, 1.82) is 0 Å². The van der Waals surface area contributed by atoms with Gasteiger partial charge in [0.05, 0.1) is 0 Å². The Morgan fingerprint density at radius 1 is 0.731 bits per heavy atom. The van der Waals surface area contributed by atoms with Gasteiger partial charge in [-0.3, -0.25) is 0 Å². The third kappa shape index (κ3) is 4.23. The second kappa shape index (κ2) is 7.61. The van der Waals surface area contributed by atoms with E-state index in [0.717, 1.165) is 11.4 Å². The molecule has 0 aliphatic rings. The van der Waals surface area contributed by atoms with Crippen molar-refractivity contribution in [1.82, 2.24) is 0 Å². The van der Waals surface area contributed by atoms with Crippen LogP contribution in [-0.2, 0) is 0 Å². The third-order valence-corrected chi connectivity index (χ3v) is 4.85. The summed E-state index contributed by atoms with van der Waals surface area (Å²) < 4.78 is 0. The summed E-state index contributed by atoms with van der Waals surface area (Å²) >= 11 is 0. The monoisotopic (exact) mass is 341 g/mol. The van der Waals surface area contributed by atoms with Gasteiger partial charge >= 0.3 is 0 Å². The van der Waals surface area contributed by atoms with Crippen LogP contribution in [0.1, 0.15) is 40.3 Å². The highest BCUT2D eigenvalue weighted by atomic mass is 14.9. The topological polar surface area (TPSA) is 12.0 Å². The van der Waals surface area contributed by atoms with Crippen LogP contribution in [-0.4, -0.2) is 0 Å². The maximum Gasteiger partial charge on any atom is 0.0463 e. The molecule has 26 heavy (non-hydrogen) atoms. The molecule has 0 atom stereocenters. The molecular weight excluding hydrogens is 314 g/mol. The first-order valence-corrected chi connectivity index (χ1v) is 9.12. The average Bonchev–Trinajstić information content (AvgIpc) is 2.62. The van der Waals surface area contributed by atoms with Gasteiger partial charge in [0, 0.05) is 16.9 Å². The van der Waals surface area contributed by atoms with Gasteiger partial charge in [-0.05, 0) is 81.1 Å². The zero-order chi connectivity index (χ0) is 18.7. The molecule has 1 nitrogen and oxygen atoms in total. The number of hydrogen-bond acceptors (Lipinski definition) is 1. The molecule has 0 bridgehead atoms. The van der Waals surface area contributed by atoms with Crippen molar-refractivity contribution in [3.63, 3.8) is 0 Å². The first-order chi connectivity index (χ1) is 12.4. The number of anilines is 2. The van der Waals surface area contributed by atoms with E-state index in [-0.39, 0.29) is 0 Å². The Labute approximate surface area is 157 Å². The molecule has 0 amide bonds. The minimum Gasteiger partial charge on any atom is -0.355 e. The lowest BCUT2D eigenvalue weighted by molar-refractivity contribution is 1.32. The van der Waals surface area contributed by atoms with Crippen LogP contribution < -0.4 is 5.32 Å². The zero-order valence-corrected chi connectivity index (χ0v) is 16.4. The van der Waals surface area contributed by atoms with Crippen molar-refractivity contribution in [3.8, 4) is 0 Å². The molecule has 0 radical (unpaired) electrons. The highest BCUT2D eigenvalue weighted by Crippen LogP contribution is 2.31. The van der Waals surface area contributed by atoms with Crippen molar-refractivity contribution in [2.45, 2.75) is 34.6 Å². The molecule has 132 valence electrons. The minimum absolute atomic E-state index is 1.11. The minimum atomic E-state index is 1.11. The summed E-state index contributed by atoms with van der Waals surface area (Å²) in [7, 11) is 0. The van der Waals surface area contributed by atoms with Crippen molar-refractivity contribution in [2.75, 3.05) is 5.32 Å². The molecule has 0 aliphatic heterocycles. The third-order valence-electron chi connectivity index (χ3n) is 4.85. The molecule has 3 aromatic rings. The van der Waals surface area contributed by atoms with Gasteiger partial charge in [0.2, 0.25) is 0 Å². The summed E-state index contributed by atoms with van der Waals surface area (Å²) in [6.07, 6.45) is 2.25. The van der Waals surface area contributed by atoms with Crippen LogP contribution in [0.25, 0.3) is 11.6 Å². The van der Waals surface area contributed by atoms with Gasteiger partial charge in [-0.2, -0.15) is 0 Å². The molecular formula is C25H27N. The van der Waals surface area contributed by atoms with Crippen LogP contribution in [0.5, 0.6) is 0 Å². The normalized spacial score (nSPS) is 11.5. The fourth-order valence-corrected chi connectivity index (χ4v) is 3.03. The summed E-state index contributed by atoms with van der Waals surface area (Å²) in [4.78, 5) is 0. The maximum atomic E-state index is 3.60. The molecule has 1 N–H and O–H groups in total. The van der Waals surface area contributed by atoms with Gasteiger partial charge in [0.15, 0.2) is 0 Å². The number of rotatable bonds is 4. The Morgan fingerprint density at radius 3 is 1.88 bits per heavy atom. The second-order valence-corrected chi connectivity index (χ2v) is 7.21. The number of nitrogens with one attached hydrogen (secondary N) is 1. The Bertz CT molecular complexity index is 929. The van der Waals surface area contributed by atoms with Crippen LogP contribution in [0, 0.1) is 27.7 Å². The first kappa shape index (κ1) is 18.0. The summed E-state index contributed by atoms with van der Waals surface area (Å²) in [6, 6.07) is 21.7. The Hall–Kier alpha value is -2.80. The largest absolute Gasteiger partial charge is 0.355 e. The summed E-state index contributed by atoms with van der Waals surface area (Å²) in [5.41, 5.74) is 11.2. The van der Waals surface area contributed by atoms with Crippen LogP contribution >= 0.6 is 0 Å². The Morgan fingerprint density at radius 2 is 1.27 bits per heavy atom. The fourth-order valence-electron chi connectivity index (χ4n) is 3.03.